The molecule has 0 bridgehead atoms. The predicted octanol–water partition coefficient (Wildman–Crippen LogP) is 2.05. The van der Waals surface area contributed by atoms with Crippen molar-refractivity contribution in [2.24, 2.45) is 0 Å². The predicted molar refractivity (Wildman–Crippen MR) is 86.1 cm³/mol. The number of carbonyl (C=O) groups excluding carboxylic acids is 1. The van der Waals surface area contributed by atoms with Crippen molar-refractivity contribution in [2.45, 2.75) is 32.9 Å². The van der Waals surface area contributed by atoms with Gasteiger partial charge in [-0.2, -0.15) is 0 Å². The van der Waals surface area contributed by atoms with Gasteiger partial charge in [0.05, 0.1) is 17.7 Å². The maximum atomic E-state index is 12.9. The molecule has 6 nitrogen and oxygen atoms in total. The first-order valence-electron chi connectivity index (χ1n) is 7.26. The third kappa shape index (κ3) is 3.65. The highest BCUT2D eigenvalue weighted by molar-refractivity contribution is 6.07. The van der Waals surface area contributed by atoms with E-state index in [0.29, 0.717) is 22.0 Å². The van der Waals surface area contributed by atoms with Crippen LogP contribution in [0.25, 0.3) is 10.9 Å². The SMILES string of the molecule is CC(C)(C)N(CC(=O)O)C(=O)c1ccnc2ccc(CO)cc12. The highest BCUT2D eigenvalue weighted by Crippen LogP contribution is 2.23. The minimum Gasteiger partial charge on any atom is -0.480 e. The van der Waals surface area contributed by atoms with Gasteiger partial charge in [-0.1, -0.05) is 6.07 Å². The molecule has 0 aliphatic carbocycles. The highest BCUT2D eigenvalue weighted by Gasteiger charge is 2.30. The first-order chi connectivity index (χ1) is 10.7. The molecule has 23 heavy (non-hydrogen) atoms. The van der Waals surface area contributed by atoms with E-state index in [2.05, 4.69) is 4.98 Å². The van der Waals surface area contributed by atoms with Crippen molar-refractivity contribution >= 4 is 22.8 Å². The number of rotatable bonds is 4. The Balaban J connectivity index is 2.56. The summed E-state index contributed by atoms with van der Waals surface area (Å²) in [5.41, 5.74) is 1.03. The van der Waals surface area contributed by atoms with Crippen molar-refractivity contribution in [2.75, 3.05) is 6.54 Å². The number of pyridine rings is 1. The molecule has 2 N–H and O–H groups in total. The molecule has 0 aliphatic heterocycles. The van der Waals surface area contributed by atoms with Crippen molar-refractivity contribution in [1.29, 1.82) is 0 Å². The summed E-state index contributed by atoms with van der Waals surface area (Å²) >= 11 is 0. The monoisotopic (exact) mass is 316 g/mol. The number of fused-ring (bicyclic) bond motifs is 1. The van der Waals surface area contributed by atoms with Crippen LogP contribution in [-0.4, -0.2) is 44.1 Å². The Morgan fingerprint density at radius 2 is 1.91 bits per heavy atom. The highest BCUT2D eigenvalue weighted by atomic mass is 16.4. The van der Waals surface area contributed by atoms with E-state index in [4.69, 9.17) is 5.11 Å². The van der Waals surface area contributed by atoms with E-state index in [1.54, 1.807) is 45.0 Å². The van der Waals surface area contributed by atoms with Gasteiger partial charge in [0, 0.05) is 17.1 Å². The molecule has 0 unspecified atom stereocenters. The van der Waals surface area contributed by atoms with E-state index in [1.165, 1.54) is 11.1 Å². The number of hydrogen-bond acceptors (Lipinski definition) is 4. The minimum absolute atomic E-state index is 0.142. The van der Waals surface area contributed by atoms with Gasteiger partial charge >= 0.3 is 5.97 Å². The summed E-state index contributed by atoms with van der Waals surface area (Å²) < 4.78 is 0. The minimum atomic E-state index is -1.07. The number of carbonyl (C=O) groups is 2. The third-order valence-electron chi connectivity index (χ3n) is 3.57. The summed E-state index contributed by atoms with van der Waals surface area (Å²) in [6.07, 6.45) is 1.52. The van der Waals surface area contributed by atoms with Crippen molar-refractivity contribution < 1.29 is 19.8 Å². The molecule has 0 fully saturated rings. The average Bonchev–Trinajstić information content (AvgIpc) is 2.49. The smallest absolute Gasteiger partial charge is 0.323 e. The van der Waals surface area contributed by atoms with Crippen LogP contribution in [0.4, 0.5) is 0 Å². The van der Waals surface area contributed by atoms with Crippen LogP contribution in [-0.2, 0) is 11.4 Å². The van der Waals surface area contributed by atoms with Crippen molar-refractivity contribution in [3.05, 3.63) is 41.6 Å². The Morgan fingerprint density at radius 1 is 1.22 bits per heavy atom. The Morgan fingerprint density at radius 3 is 2.48 bits per heavy atom. The molecule has 2 aromatic rings. The zero-order chi connectivity index (χ0) is 17.2. The molecular weight excluding hydrogens is 296 g/mol. The molecule has 0 radical (unpaired) electrons. The molecule has 0 atom stereocenters. The van der Waals surface area contributed by atoms with E-state index in [9.17, 15) is 14.7 Å². The van der Waals surface area contributed by atoms with E-state index < -0.39 is 11.5 Å². The Labute approximate surface area is 134 Å². The summed E-state index contributed by atoms with van der Waals surface area (Å²) in [7, 11) is 0. The number of aliphatic carboxylic acids is 1. The molecule has 1 amide bonds. The number of aromatic nitrogens is 1. The molecular formula is C17H20N2O4. The lowest BCUT2D eigenvalue weighted by atomic mass is 10.0. The fourth-order valence-electron chi connectivity index (χ4n) is 2.37. The number of hydrogen-bond donors (Lipinski definition) is 2. The zero-order valence-corrected chi connectivity index (χ0v) is 13.4. The van der Waals surface area contributed by atoms with E-state index in [0.717, 1.165) is 0 Å². The molecule has 0 saturated heterocycles. The molecule has 0 spiro atoms. The zero-order valence-electron chi connectivity index (χ0n) is 13.4. The first kappa shape index (κ1) is 16.9. The van der Waals surface area contributed by atoms with Crippen LogP contribution in [0.1, 0.15) is 36.7 Å². The topological polar surface area (TPSA) is 90.7 Å². The summed E-state index contributed by atoms with van der Waals surface area (Å²) in [6, 6.07) is 6.75. The fraction of sp³-hybridized carbons (Fsp3) is 0.353. The van der Waals surface area contributed by atoms with Crippen LogP contribution in [0.3, 0.4) is 0 Å². The maximum absolute atomic E-state index is 12.9. The summed E-state index contributed by atoms with van der Waals surface area (Å²) in [6.45, 7) is 4.84. The second-order valence-electron chi connectivity index (χ2n) is 6.32. The number of amides is 1. The van der Waals surface area contributed by atoms with Gasteiger partial charge in [0.15, 0.2) is 0 Å². The quantitative estimate of drug-likeness (QED) is 0.901. The molecule has 0 saturated carbocycles. The van der Waals surface area contributed by atoms with Crippen molar-refractivity contribution in [3.8, 4) is 0 Å². The van der Waals surface area contributed by atoms with Gasteiger partial charge < -0.3 is 15.1 Å². The molecule has 6 heteroatoms. The molecule has 1 aromatic heterocycles. The van der Waals surface area contributed by atoms with E-state index in [-0.39, 0.29) is 19.1 Å². The van der Waals surface area contributed by atoms with Gasteiger partial charge in [0.25, 0.3) is 5.91 Å². The van der Waals surface area contributed by atoms with Crippen LogP contribution < -0.4 is 0 Å². The molecule has 2 rings (SSSR count). The largest absolute Gasteiger partial charge is 0.480 e. The number of aliphatic hydroxyl groups excluding tert-OH is 1. The second-order valence-corrected chi connectivity index (χ2v) is 6.32. The number of carboxylic acids is 1. The number of nitrogens with zero attached hydrogens (tertiary/aromatic N) is 2. The Bertz CT molecular complexity index is 750. The van der Waals surface area contributed by atoms with Gasteiger partial charge in [0.2, 0.25) is 0 Å². The van der Waals surface area contributed by atoms with Crippen LogP contribution in [0.15, 0.2) is 30.5 Å². The van der Waals surface area contributed by atoms with Crippen LogP contribution in [0.2, 0.25) is 0 Å². The van der Waals surface area contributed by atoms with Gasteiger partial charge in [-0.15, -0.1) is 0 Å². The second kappa shape index (κ2) is 6.34. The van der Waals surface area contributed by atoms with Crippen LogP contribution in [0, 0.1) is 0 Å². The first-order valence-corrected chi connectivity index (χ1v) is 7.26. The van der Waals surface area contributed by atoms with Gasteiger partial charge in [-0.05, 0) is 44.5 Å². The Kier molecular flexibility index (Phi) is 4.65. The van der Waals surface area contributed by atoms with Crippen LogP contribution >= 0.6 is 0 Å². The Hall–Kier alpha value is -2.47. The summed E-state index contributed by atoms with van der Waals surface area (Å²) in [5.74, 6) is -1.44. The molecule has 1 heterocycles. The average molecular weight is 316 g/mol. The third-order valence-corrected chi connectivity index (χ3v) is 3.57. The van der Waals surface area contributed by atoms with E-state index in [1.807, 2.05) is 0 Å². The lowest BCUT2D eigenvalue weighted by Crippen LogP contribution is -2.48. The molecule has 1 aromatic carbocycles. The fourth-order valence-corrected chi connectivity index (χ4v) is 2.37. The molecule has 0 aliphatic rings. The molecule has 122 valence electrons. The van der Waals surface area contributed by atoms with Crippen molar-refractivity contribution in [3.63, 3.8) is 0 Å². The lowest BCUT2D eigenvalue weighted by molar-refractivity contribution is -0.138. The van der Waals surface area contributed by atoms with Gasteiger partial charge in [-0.25, -0.2) is 0 Å². The lowest BCUT2D eigenvalue weighted by Gasteiger charge is -2.34. The van der Waals surface area contributed by atoms with Gasteiger partial charge in [-0.3, -0.25) is 14.6 Å². The normalized spacial score (nSPS) is 11.5. The van der Waals surface area contributed by atoms with Crippen molar-refractivity contribution in [1.82, 2.24) is 9.88 Å². The summed E-state index contributed by atoms with van der Waals surface area (Å²) in [5, 5.41) is 19.0. The number of carboxylic acid groups (broad SMARTS) is 1. The van der Waals surface area contributed by atoms with Crippen LogP contribution in [0.5, 0.6) is 0 Å². The van der Waals surface area contributed by atoms with Gasteiger partial charge in [0.1, 0.15) is 6.54 Å². The number of aliphatic hydroxyl groups is 1. The number of benzene rings is 1. The standard InChI is InChI=1S/C17H20N2O4/c1-17(2,3)19(9-15(21)22)16(23)12-6-7-18-14-5-4-11(10-20)8-13(12)14/h4-8,20H,9-10H2,1-3H3,(H,21,22). The van der Waals surface area contributed by atoms with E-state index >= 15 is 0 Å². The maximum Gasteiger partial charge on any atom is 0.323 e. The summed E-state index contributed by atoms with van der Waals surface area (Å²) in [4.78, 5) is 29.6.